The topological polar surface area (TPSA) is 41.6 Å². The third-order valence-corrected chi connectivity index (χ3v) is 4.63. The molecular formula is C17H21N3. The maximum absolute atomic E-state index is 9.17. The fourth-order valence-corrected chi connectivity index (χ4v) is 3.39. The van der Waals surface area contributed by atoms with Crippen LogP contribution in [0.25, 0.3) is 11.0 Å². The van der Waals surface area contributed by atoms with E-state index in [4.69, 9.17) is 4.98 Å². The van der Waals surface area contributed by atoms with Crippen LogP contribution >= 0.6 is 0 Å². The molecule has 0 N–H and O–H groups in total. The van der Waals surface area contributed by atoms with Crippen LogP contribution in [0.4, 0.5) is 0 Å². The molecule has 1 aromatic heterocycles. The van der Waals surface area contributed by atoms with Crippen molar-refractivity contribution in [3.63, 3.8) is 0 Å². The molecule has 20 heavy (non-hydrogen) atoms. The summed E-state index contributed by atoms with van der Waals surface area (Å²) in [7, 11) is 2.06. The van der Waals surface area contributed by atoms with Gasteiger partial charge in [0.1, 0.15) is 17.4 Å². The first-order chi connectivity index (χ1) is 9.79. The molecule has 3 nitrogen and oxygen atoms in total. The number of hydrogen-bond donors (Lipinski definition) is 0. The van der Waals surface area contributed by atoms with Gasteiger partial charge in [-0.15, -0.1) is 0 Å². The van der Waals surface area contributed by atoms with E-state index in [1.807, 2.05) is 18.2 Å². The number of para-hydroxylation sites is 1. The standard InChI is InChI=1S/C17H21N3/c1-20-15-9-5-8-14(12-18)17(15)19-16(20)11-10-13-6-3-2-4-7-13/h5,8-9,13H,2-4,6-7,10-11H2,1H3. The Hall–Kier alpha value is -1.82. The predicted octanol–water partition coefficient (Wildman–Crippen LogP) is 3.96. The maximum atomic E-state index is 9.17. The van der Waals surface area contributed by atoms with Crippen molar-refractivity contribution >= 4 is 11.0 Å². The van der Waals surface area contributed by atoms with Crippen LogP contribution in [0, 0.1) is 17.2 Å². The van der Waals surface area contributed by atoms with Crippen LogP contribution in [-0.4, -0.2) is 9.55 Å². The number of rotatable bonds is 3. The molecule has 0 atom stereocenters. The smallest absolute Gasteiger partial charge is 0.109 e. The van der Waals surface area contributed by atoms with Crippen molar-refractivity contribution in [3.05, 3.63) is 29.6 Å². The highest BCUT2D eigenvalue weighted by molar-refractivity contribution is 5.82. The molecule has 1 aliphatic carbocycles. The zero-order valence-electron chi connectivity index (χ0n) is 12.1. The Morgan fingerprint density at radius 2 is 2.10 bits per heavy atom. The second-order valence-corrected chi connectivity index (χ2v) is 5.91. The lowest BCUT2D eigenvalue weighted by Gasteiger charge is -2.21. The molecule has 1 saturated carbocycles. The molecule has 0 radical (unpaired) electrons. The first-order valence-corrected chi connectivity index (χ1v) is 7.64. The highest BCUT2D eigenvalue weighted by Gasteiger charge is 2.16. The summed E-state index contributed by atoms with van der Waals surface area (Å²) in [5.41, 5.74) is 2.61. The van der Waals surface area contributed by atoms with Crippen LogP contribution in [0.15, 0.2) is 18.2 Å². The molecule has 0 saturated heterocycles. The van der Waals surface area contributed by atoms with Crippen molar-refractivity contribution in [2.75, 3.05) is 0 Å². The van der Waals surface area contributed by atoms with E-state index in [9.17, 15) is 5.26 Å². The molecule has 0 aliphatic heterocycles. The third kappa shape index (κ3) is 2.43. The van der Waals surface area contributed by atoms with Gasteiger partial charge in [0.05, 0.1) is 11.1 Å². The van der Waals surface area contributed by atoms with E-state index in [1.54, 1.807) is 0 Å². The summed E-state index contributed by atoms with van der Waals surface area (Å²) in [6.45, 7) is 0. The summed E-state index contributed by atoms with van der Waals surface area (Å²) in [5, 5.41) is 9.17. The molecule has 1 aliphatic rings. The van der Waals surface area contributed by atoms with E-state index in [2.05, 4.69) is 17.7 Å². The van der Waals surface area contributed by atoms with Gasteiger partial charge in [0.25, 0.3) is 0 Å². The Labute approximate surface area is 120 Å². The van der Waals surface area contributed by atoms with Crippen LogP contribution in [0.3, 0.4) is 0 Å². The minimum Gasteiger partial charge on any atom is -0.331 e. The summed E-state index contributed by atoms with van der Waals surface area (Å²) < 4.78 is 2.15. The predicted molar refractivity (Wildman–Crippen MR) is 80.3 cm³/mol. The van der Waals surface area contributed by atoms with E-state index >= 15 is 0 Å². The third-order valence-electron chi connectivity index (χ3n) is 4.63. The largest absolute Gasteiger partial charge is 0.331 e. The van der Waals surface area contributed by atoms with Crippen LogP contribution in [-0.2, 0) is 13.5 Å². The van der Waals surface area contributed by atoms with Crippen LogP contribution in [0.5, 0.6) is 0 Å². The number of imidazole rings is 1. The van der Waals surface area contributed by atoms with E-state index in [-0.39, 0.29) is 0 Å². The van der Waals surface area contributed by atoms with Crippen LogP contribution < -0.4 is 0 Å². The molecule has 104 valence electrons. The number of aromatic nitrogens is 2. The van der Waals surface area contributed by atoms with Crippen LogP contribution in [0.1, 0.15) is 49.9 Å². The fourth-order valence-electron chi connectivity index (χ4n) is 3.39. The molecule has 2 aromatic rings. The lowest BCUT2D eigenvalue weighted by atomic mass is 9.86. The van der Waals surface area contributed by atoms with Gasteiger partial charge in [0.2, 0.25) is 0 Å². The van der Waals surface area contributed by atoms with Crippen LogP contribution in [0.2, 0.25) is 0 Å². The second-order valence-electron chi connectivity index (χ2n) is 5.91. The summed E-state index contributed by atoms with van der Waals surface area (Å²) in [5.74, 6) is 1.99. The quantitative estimate of drug-likeness (QED) is 0.844. The van der Waals surface area contributed by atoms with Crippen molar-refractivity contribution in [2.45, 2.75) is 44.9 Å². The van der Waals surface area contributed by atoms with Gasteiger partial charge in [-0.3, -0.25) is 0 Å². The second kappa shape index (κ2) is 5.66. The van der Waals surface area contributed by atoms with E-state index in [0.717, 1.165) is 29.2 Å². The Bertz CT molecular complexity index is 642. The van der Waals surface area contributed by atoms with Gasteiger partial charge in [-0.25, -0.2) is 4.98 Å². The van der Waals surface area contributed by atoms with E-state index < -0.39 is 0 Å². The van der Waals surface area contributed by atoms with Gasteiger partial charge in [0.15, 0.2) is 0 Å². The minimum atomic E-state index is 0.682. The van der Waals surface area contributed by atoms with Crippen molar-refractivity contribution in [1.82, 2.24) is 9.55 Å². The first-order valence-electron chi connectivity index (χ1n) is 7.64. The number of nitrogens with zero attached hydrogens (tertiary/aromatic N) is 3. The lowest BCUT2D eigenvalue weighted by Crippen LogP contribution is -2.09. The van der Waals surface area contributed by atoms with Gasteiger partial charge in [0, 0.05) is 13.5 Å². The van der Waals surface area contributed by atoms with Crippen molar-refractivity contribution in [3.8, 4) is 6.07 Å². The minimum absolute atomic E-state index is 0.682. The number of aryl methyl sites for hydroxylation is 2. The Balaban J connectivity index is 1.81. The maximum Gasteiger partial charge on any atom is 0.109 e. The summed E-state index contributed by atoms with van der Waals surface area (Å²) in [6.07, 6.45) is 9.23. The van der Waals surface area contributed by atoms with Crippen molar-refractivity contribution in [1.29, 1.82) is 5.26 Å². The average molecular weight is 267 g/mol. The van der Waals surface area contributed by atoms with Crippen molar-refractivity contribution < 1.29 is 0 Å². The Kier molecular flexibility index (Phi) is 3.73. The lowest BCUT2D eigenvalue weighted by molar-refractivity contribution is 0.336. The molecule has 1 fully saturated rings. The molecule has 0 bridgehead atoms. The zero-order chi connectivity index (χ0) is 13.9. The summed E-state index contributed by atoms with van der Waals surface area (Å²) in [6, 6.07) is 8.07. The first kappa shape index (κ1) is 13.2. The molecule has 0 spiro atoms. The molecule has 3 rings (SSSR count). The fraction of sp³-hybridized carbons (Fsp3) is 0.529. The summed E-state index contributed by atoms with van der Waals surface area (Å²) in [4.78, 5) is 4.71. The van der Waals surface area contributed by atoms with Gasteiger partial charge in [-0.05, 0) is 24.5 Å². The molecule has 1 aromatic carbocycles. The average Bonchev–Trinajstić information content (AvgIpc) is 2.83. The Morgan fingerprint density at radius 1 is 1.30 bits per heavy atom. The number of benzene rings is 1. The SMILES string of the molecule is Cn1c(CCC2CCCCC2)nc2c(C#N)cccc21. The molecule has 0 unspecified atom stereocenters. The van der Waals surface area contributed by atoms with E-state index in [1.165, 1.54) is 38.5 Å². The van der Waals surface area contributed by atoms with Gasteiger partial charge >= 0.3 is 0 Å². The Morgan fingerprint density at radius 3 is 2.85 bits per heavy atom. The summed E-state index contributed by atoms with van der Waals surface area (Å²) >= 11 is 0. The monoisotopic (exact) mass is 267 g/mol. The molecule has 3 heteroatoms. The van der Waals surface area contributed by atoms with Gasteiger partial charge in [-0.2, -0.15) is 5.26 Å². The van der Waals surface area contributed by atoms with E-state index in [0.29, 0.717) is 5.56 Å². The highest BCUT2D eigenvalue weighted by atomic mass is 15.1. The number of hydrogen-bond acceptors (Lipinski definition) is 2. The number of fused-ring (bicyclic) bond motifs is 1. The number of nitriles is 1. The molecule has 1 heterocycles. The normalized spacial score (nSPS) is 16.4. The van der Waals surface area contributed by atoms with Crippen molar-refractivity contribution in [2.24, 2.45) is 13.0 Å². The molecular weight excluding hydrogens is 246 g/mol. The zero-order valence-corrected chi connectivity index (χ0v) is 12.1. The van der Waals surface area contributed by atoms with Gasteiger partial charge < -0.3 is 4.57 Å². The highest BCUT2D eigenvalue weighted by Crippen LogP contribution is 2.28. The molecule has 0 amide bonds. The van der Waals surface area contributed by atoms with Gasteiger partial charge in [-0.1, -0.05) is 38.2 Å².